The largest absolute Gasteiger partial charge is 0.490 e. The van der Waals surface area contributed by atoms with E-state index in [9.17, 15) is 0 Å². The molecule has 1 heterocycles. The molecule has 1 aromatic heterocycles. The van der Waals surface area contributed by atoms with Crippen LogP contribution in [-0.4, -0.2) is 28.4 Å². The summed E-state index contributed by atoms with van der Waals surface area (Å²) in [6.45, 7) is 5.01. The van der Waals surface area contributed by atoms with Crippen LogP contribution in [0.2, 0.25) is 0 Å². The van der Waals surface area contributed by atoms with E-state index >= 15 is 0 Å². The van der Waals surface area contributed by atoms with Gasteiger partial charge in [-0.25, -0.2) is 4.98 Å². The zero-order valence-corrected chi connectivity index (χ0v) is 14.4. The van der Waals surface area contributed by atoms with Crippen LogP contribution < -0.4 is 15.2 Å². The highest BCUT2D eigenvalue weighted by atomic mass is 16.5. The Morgan fingerprint density at radius 1 is 1.00 bits per heavy atom. The van der Waals surface area contributed by atoms with Crippen LogP contribution >= 0.6 is 0 Å². The van der Waals surface area contributed by atoms with Gasteiger partial charge in [-0.2, -0.15) is 5.10 Å². The van der Waals surface area contributed by atoms with Crippen molar-refractivity contribution in [1.29, 1.82) is 0 Å². The normalized spacial score (nSPS) is 12.0. The molecule has 3 rings (SSSR count). The van der Waals surface area contributed by atoms with E-state index in [1.165, 1.54) is 0 Å². The molecule has 0 amide bonds. The van der Waals surface area contributed by atoms with Gasteiger partial charge in [0, 0.05) is 5.56 Å². The van der Waals surface area contributed by atoms with Gasteiger partial charge in [0.05, 0.1) is 19.3 Å². The first-order valence-electron chi connectivity index (χ1n) is 8.35. The van der Waals surface area contributed by atoms with Crippen molar-refractivity contribution >= 4 is 0 Å². The van der Waals surface area contributed by atoms with Crippen molar-refractivity contribution in [1.82, 2.24) is 15.2 Å². The van der Waals surface area contributed by atoms with Crippen LogP contribution in [0.1, 0.15) is 31.3 Å². The van der Waals surface area contributed by atoms with Gasteiger partial charge in [0.25, 0.3) is 0 Å². The van der Waals surface area contributed by atoms with E-state index in [0.29, 0.717) is 36.4 Å². The maximum atomic E-state index is 6.27. The summed E-state index contributed by atoms with van der Waals surface area (Å²) in [6, 6.07) is 15.1. The number of rotatable bonds is 7. The van der Waals surface area contributed by atoms with Crippen molar-refractivity contribution in [3.8, 4) is 22.9 Å². The molecule has 0 bridgehead atoms. The number of nitrogens with one attached hydrogen (secondary N) is 1. The summed E-state index contributed by atoms with van der Waals surface area (Å²) >= 11 is 0. The summed E-state index contributed by atoms with van der Waals surface area (Å²) < 4.78 is 11.2. The maximum Gasteiger partial charge on any atom is 0.181 e. The van der Waals surface area contributed by atoms with Crippen LogP contribution in [0.4, 0.5) is 0 Å². The predicted octanol–water partition coefficient (Wildman–Crippen LogP) is 3.32. The Kier molecular flexibility index (Phi) is 5.30. The Labute approximate surface area is 147 Å². The lowest BCUT2D eigenvalue weighted by Crippen LogP contribution is -2.13. The van der Waals surface area contributed by atoms with E-state index in [1.807, 2.05) is 62.4 Å². The van der Waals surface area contributed by atoms with Gasteiger partial charge in [0.2, 0.25) is 0 Å². The third kappa shape index (κ3) is 3.80. The molecule has 3 aromatic rings. The molecule has 0 aliphatic rings. The molecule has 0 saturated heterocycles. The summed E-state index contributed by atoms with van der Waals surface area (Å²) in [7, 11) is 0. The molecule has 3 N–H and O–H groups in total. The van der Waals surface area contributed by atoms with Gasteiger partial charge in [-0.1, -0.05) is 30.3 Å². The van der Waals surface area contributed by atoms with E-state index in [-0.39, 0.29) is 6.04 Å². The number of hydrogen-bond donors (Lipinski definition) is 2. The summed E-state index contributed by atoms with van der Waals surface area (Å²) in [6.07, 6.45) is 0. The van der Waals surface area contributed by atoms with Crippen LogP contribution in [0.5, 0.6) is 11.5 Å². The van der Waals surface area contributed by atoms with Crippen molar-refractivity contribution in [2.24, 2.45) is 5.73 Å². The molecule has 6 nitrogen and oxygen atoms in total. The van der Waals surface area contributed by atoms with Gasteiger partial charge in [-0.3, -0.25) is 5.10 Å². The topological polar surface area (TPSA) is 86.0 Å². The smallest absolute Gasteiger partial charge is 0.181 e. The summed E-state index contributed by atoms with van der Waals surface area (Å²) in [5.41, 5.74) is 8.09. The molecular weight excluding hydrogens is 316 g/mol. The van der Waals surface area contributed by atoms with Gasteiger partial charge < -0.3 is 15.2 Å². The number of hydrogen-bond acceptors (Lipinski definition) is 5. The average molecular weight is 338 g/mol. The molecule has 2 aromatic carbocycles. The van der Waals surface area contributed by atoms with Gasteiger partial charge in [0.15, 0.2) is 17.3 Å². The standard InChI is InChI=1S/C19H22N4O2/c1-3-24-15-11-10-14(12-16(15)25-4-2)18-21-19(23-22-18)17(20)13-8-6-5-7-9-13/h5-12,17H,3-4,20H2,1-2H3,(H,21,22,23)/t17-/m0/s1. The molecule has 1 atom stereocenters. The molecule has 0 saturated carbocycles. The Morgan fingerprint density at radius 2 is 1.72 bits per heavy atom. The second kappa shape index (κ2) is 7.81. The van der Waals surface area contributed by atoms with Crippen LogP contribution in [0.15, 0.2) is 48.5 Å². The predicted molar refractivity (Wildman–Crippen MR) is 96.6 cm³/mol. The van der Waals surface area contributed by atoms with Crippen molar-refractivity contribution < 1.29 is 9.47 Å². The lowest BCUT2D eigenvalue weighted by atomic mass is 10.1. The first kappa shape index (κ1) is 17.0. The van der Waals surface area contributed by atoms with Gasteiger partial charge in [0.1, 0.15) is 5.82 Å². The van der Waals surface area contributed by atoms with Crippen LogP contribution in [0, 0.1) is 0 Å². The summed E-state index contributed by atoms with van der Waals surface area (Å²) in [4.78, 5) is 4.55. The number of aromatic amines is 1. The summed E-state index contributed by atoms with van der Waals surface area (Å²) in [5, 5.41) is 7.23. The number of ether oxygens (including phenoxy) is 2. The Balaban J connectivity index is 1.88. The minimum atomic E-state index is -0.350. The zero-order chi connectivity index (χ0) is 17.6. The molecule has 25 heavy (non-hydrogen) atoms. The van der Waals surface area contributed by atoms with Gasteiger partial charge >= 0.3 is 0 Å². The molecule has 0 aliphatic carbocycles. The fourth-order valence-corrected chi connectivity index (χ4v) is 2.55. The molecule has 130 valence electrons. The Hall–Kier alpha value is -2.86. The zero-order valence-electron chi connectivity index (χ0n) is 14.4. The highest BCUT2D eigenvalue weighted by Crippen LogP contribution is 2.32. The number of aromatic nitrogens is 3. The molecule has 0 unspecified atom stereocenters. The fourth-order valence-electron chi connectivity index (χ4n) is 2.55. The third-order valence-corrected chi connectivity index (χ3v) is 3.76. The lowest BCUT2D eigenvalue weighted by molar-refractivity contribution is 0.288. The van der Waals surface area contributed by atoms with Crippen molar-refractivity contribution in [3.63, 3.8) is 0 Å². The van der Waals surface area contributed by atoms with Crippen molar-refractivity contribution in [2.45, 2.75) is 19.9 Å². The maximum absolute atomic E-state index is 6.27. The van der Waals surface area contributed by atoms with Crippen LogP contribution in [-0.2, 0) is 0 Å². The first-order valence-corrected chi connectivity index (χ1v) is 8.35. The quantitative estimate of drug-likeness (QED) is 0.690. The molecular formula is C19H22N4O2. The van der Waals surface area contributed by atoms with Gasteiger partial charge in [-0.15, -0.1) is 0 Å². The summed E-state index contributed by atoms with van der Waals surface area (Å²) in [5.74, 6) is 2.59. The van der Waals surface area contributed by atoms with Crippen molar-refractivity contribution in [2.75, 3.05) is 13.2 Å². The number of H-pyrrole nitrogens is 1. The Morgan fingerprint density at radius 3 is 2.44 bits per heavy atom. The van der Waals surface area contributed by atoms with E-state index in [0.717, 1.165) is 11.1 Å². The second-order valence-corrected chi connectivity index (χ2v) is 5.46. The van der Waals surface area contributed by atoms with E-state index < -0.39 is 0 Å². The second-order valence-electron chi connectivity index (χ2n) is 5.46. The third-order valence-electron chi connectivity index (χ3n) is 3.76. The minimum absolute atomic E-state index is 0.350. The fraction of sp³-hybridized carbons (Fsp3) is 0.263. The van der Waals surface area contributed by atoms with Gasteiger partial charge in [-0.05, 0) is 37.6 Å². The molecule has 0 fully saturated rings. The molecule has 6 heteroatoms. The number of nitrogens with two attached hydrogens (primary N) is 1. The molecule has 0 aliphatic heterocycles. The van der Waals surface area contributed by atoms with E-state index in [1.54, 1.807) is 0 Å². The lowest BCUT2D eigenvalue weighted by Gasteiger charge is -2.11. The highest BCUT2D eigenvalue weighted by molar-refractivity contribution is 5.61. The Bertz CT molecular complexity index is 817. The SMILES string of the molecule is CCOc1ccc(-c2n[nH]c([C@@H](N)c3ccccc3)n2)cc1OCC. The number of nitrogens with zero attached hydrogens (tertiary/aromatic N) is 2. The monoisotopic (exact) mass is 338 g/mol. The first-order chi connectivity index (χ1) is 12.2. The average Bonchev–Trinajstić information content (AvgIpc) is 3.14. The van der Waals surface area contributed by atoms with Crippen LogP contribution in [0.3, 0.4) is 0 Å². The molecule has 0 spiro atoms. The minimum Gasteiger partial charge on any atom is -0.490 e. The van der Waals surface area contributed by atoms with Crippen molar-refractivity contribution in [3.05, 3.63) is 59.9 Å². The number of benzene rings is 2. The molecule has 0 radical (unpaired) electrons. The van der Waals surface area contributed by atoms with Crippen LogP contribution in [0.25, 0.3) is 11.4 Å². The van der Waals surface area contributed by atoms with E-state index in [4.69, 9.17) is 15.2 Å². The van der Waals surface area contributed by atoms with E-state index in [2.05, 4.69) is 15.2 Å². The highest BCUT2D eigenvalue weighted by Gasteiger charge is 2.16.